The second kappa shape index (κ2) is 5.85. The fraction of sp³-hybridized carbons (Fsp3) is 0.500. The molecule has 1 saturated carbocycles. The minimum atomic E-state index is 0.124. The zero-order valence-corrected chi connectivity index (χ0v) is 12.8. The van der Waals surface area contributed by atoms with E-state index in [1.807, 2.05) is 19.2 Å². The highest BCUT2D eigenvalue weighted by molar-refractivity contribution is 5.86. The lowest BCUT2D eigenvalue weighted by atomic mass is 9.75. The van der Waals surface area contributed by atoms with Gasteiger partial charge < -0.3 is 10.7 Å². The topological polar surface area (TPSA) is 107 Å². The number of aromatic amines is 1. The molecule has 5 N–H and O–H groups in total. The van der Waals surface area contributed by atoms with Crippen LogP contribution in [-0.4, -0.2) is 16.3 Å². The van der Waals surface area contributed by atoms with Crippen molar-refractivity contribution in [3.05, 3.63) is 23.5 Å². The van der Waals surface area contributed by atoms with E-state index < -0.39 is 0 Å². The molecule has 6 heteroatoms. The van der Waals surface area contributed by atoms with Crippen LogP contribution in [0, 0.1) is 29.1 Å². The van der Waals surface area contributed by atoms with Gasteiger partial charge in [0.1, 0.15) is 12.2 Å². The van der Waals surface area contributed by atoms with E-state index in [2.05, 4.69) is 16.0 Å². The average Bonchev–Trinajstić information content (AvgIpc) is 3.02. The molecule has 2 heterocycles. The van der Waals surface area contributed by atoms with Crippen molar-refractivity contribution in [3.8, 4) is 6.07 Å². The van der Waals surface area contributed by atoms with E-state index in [1.165, 1.54) is 5.01 Å². The number of allylic oxidation sites excluding steroid dienone is 1. The Hall–Kier alpha value is -2.26. The molecule has 1 aliphatic heterocycles. The Kier molecular flexibility index (Phi) is 3.90. The summed E-state index contributed by atoms with van der Waals surface area (Å²) in [7, 11) is 0. The number of H-pyrrole nitrogens is 1. The summed E-state index contributed by atoms with van der Waals surface area (Å²) in [6, 6.07) is 4.32. The number of aromatic nitrogens is 1. The molecular formula is C16H22N6. The van der Waals surface area contributed by atoms with Crippen molar-refractivity contribution in [2.75, 3.05) is 0 Å². The van der Waals surface area contributed by atoms with Crippen molar-refractivity contribution in [2.24, 2.45) is 34.3 Å². The van der Waals surface area contributed by atoms with E-state index in [-0.39, 0.29) is 5.92 Å². The van der Waals surface area contributed by atoms with Gasteiger partial charge in [-0.25, -0.2) is 10.8 Å². The lowest BCUT2D eigenvalue weighted by Gasteiger charge is -2.32. The van der Waals surface area contributed by atoms with Gasteiger partial charge >= 0.3 is 0 Å². The summed E-state index contributed by atoms with van der Waals surface area (Å²) in [5.41, 5.74) is 9.09. The van der Waals surface area contributed by atoms with Gasteiger partial charge in [0.05, 0.1) is 11.8 Å². The smallest absolute Gasteiger partial charge is 0.141 e. The zero-order chi connectivity index (χ0) is 15.7. The third-order valence-corrected chi connectivity index (χ3v) is 4.95. The van der Waals surface area contributed by atoms with Crippen LogP contribution < -0.4 is 11.6 Å². The molecule has 3 rings (SSSR count). The summed E-state index contributed by atoms with van der Waals surface area (Å²) in [6.45, 7) is 2.01. The van der Waals surface area contributed by atoms with Crippen molar-refractivity contribution in [3.63, 3.8) is 0 Å². The molecule has 1 aliphatic carbocycles. The first-order valence-corrected chi connectivity index (χ1v) is 7.77. The van der Waals surface area contributed by atoms with Crippen LogP contribution in [0.3, 0.4) is 0 Å². The molecule has 0 aromatic carbocycles. The quantitative estimate of drug-likeness (QED) is 0.729. The number of aliphatic imine (C=N–C) groups is 1. The van der Waals surface area contributed by atoms with Crippen molar-refractivity contribution < 1.29 is 0 Å². The van der Waals surface area contributed by atoms with Gasteiger partial charge in [-0.1, -0.05) is 0 Å². The van der Waals surface area contributed by atoms with Gasteiger partial charge in [0.25, 0.3) is 0 Å². The number of rotatable bonds is 2. The minimum Gasteiger partial charge on any atom is -0.400 e. The first-order chi connectivity index (χ1) is 10.6. The van der Waals surface area contributed by atoms with Crippen LogP contribution in [-0.2, 0) is 0 Å². The molecule has 1 aromatic rings. The summed E-state index contributed by atoms with van der Waals surface area (Å²) in [4.78, 5) is 7.34. The van der Waals surface area contributed by atoms with Gasteiger partial charge in [-0.15, -0.1) is 0 Å². The molecule has 116 valence electrons. The van der Waals surface area contributed by atoms with E-state index in [1.54, 1.807) is 6.34 Å². The van der Waals surface area contributed by atoms with Crippen molar-refractivity contribution in [1.82, 2.24) is 9.99 Å². The number of fused-ring (bicyclic) bond motifs is 1. The molecule has 1 fully saturated rings. The number of hydrogen-bond acceptors (Lipinski definition) is 5. The van der Waals surface area contributed by atoms with Gasteiger partial charge in [0, 0.05) is 29.3 Å². The Balaban J connectivity index is 1.81. The number of nitrogens with zero attached hydrogens (tertiary/aromatic N) is 3. The second-order valence-corrected chi connectivity index (χ2v) is 6.23. The molecule has 0 radical (unpaired) electrons. The number of hydrazine groups is 1. The summed E-state index contributed by atoms with van der Waals surface area (Å²) in [5, 5.41) is 10.6. The van der Waals surface area contributed by atoms with Gasteiger partial charge in [-0.3, -0.25) is 5.01 Å². The lowest BCUT2D eigenvalue weighted by Crippen LogP contribution is -2.34. The van der Waals surface area contributed by atoms with Crippen molar-refractivity contribution >= 4 is 17.9 Å². The van der Waals surface area contributed by atoms with Crippen LogP contribution in [0.15, 0.2) is 23.0 Å². The largest absolute Gasteiger partial charge is 0.400 e. The molecule has 1 unspecified atom stereocenters. The number of hydrogen-bond donors (Lipinski definition) is 3. The minimum absolute atomic E-state index is 0.124. The Morgan fingerprint density at radius 1 is 1.45 bits per heavy atom. The maximum Gasteiger partial charge on any atom is 0.141 e. The molecule has 0 saturated heterocycles. The second-order valence-electron chi connectivity index (χ2n) is 6.23. The van der Waals surface area contributed by atoms with Crippen molar-refractivity contribution in [1.29, 1.82) is 5.26 Å². The Morgan fingerprint density at radius 2 is 2.18 bits per heavy atom. The molecule has 1 atom stereocenters. The fourth-order valence-corrected chi connectivity index (χ4v) is 3.51. The summed E-state index contributed by atoms with van der Waals surface area (Å²) < 4.78 is 0. The molecule has 1 aromatic heterocycles. The number of nitrogens with one attached hydrogen (secondary N) is 1. The first-order valence-electron chi connectivity index (χ1n) is 7.77. The van der Waals surface area contributed by atoms with Crippen LogP contribution in [0.4, 0.5) is 5.82 Å². The highest BCUT2D eigenvalue weighted by atomic mass is 15.4. The van der Waals surface area contributed by atoms with E-state index in [4.69, 9.17) is 16.8 Å². The number of nitrogens with two attached hydrogens (primary N) is 2. The van der Waals surface area contributed by atoms with Gasteiger partial charge in [-0.2, -0.15) is 5.26 Å². The molecule has 6 nitrogen and oxygen atoms in total. The predicted octanol–water partition coefficient (Wildman–Crippen LogP) is 2.46. The Labute approximate surface area is 130 Å². The molecular weight excluding hydrogens is 276 g/mol. The van der Waals surface area contributed by atoms with E-state index in [0.29, 0.717) is 11.8 Å². The Morgan fingerprint density at radius 3 is 2.86 bits per heavy atom. The van der Waals surface area contributed by atoms with E-state index >= 15 is 0 Å². The van der Waals surface area contributed by atoms with Crippen LogP contribution in [0.2, 0.25) is 0 Å². The van der Waals surface area contributed by atoms with Crippen LogP contribution in [0.1, 0.15) is 38.2 Å². The summed E-state index contributed by atoms with van der Waals surface area (Å²) >= 11 is 0. The zero-order valence-electron chi connectivity index (χ0n) is 12.8. The van der Waals surface area contributed by atoms with Gasteiger partial charge in [0.2, 0.25) is 0 Å². The highest BCUT2D eigenvalue weighted by Gasteiger charge is 2.30. The highest BCUT2D eigenvalue weighted by Crippen LogP contribution is 2.39. The standard InChI is InChI=1S/C16H22N6/c1-10(8-17)11-2-4-12(5-3-11)14(18)15-13-6-7-20-16(13)21-9-22(15)19/h6-7,9-12,20H,2-5,18-19H2,1H3/b15-14-. The monoisotopic (exact) mass is 298 g/mol. The number of nitriles is 1. The van der Waals surface area contributed by atoms with Crippen LogP contribution in [0.25, 0.3) is 5.70 Å². The fourth-order valence-electron chi connectivity index (χ4n) is 3.51. The maximum absolute atomic E-state index is 9.06. The SMILES string of the molecule is CC(C#N)C1CCC(/C(N)=C2\c3cc[nH]c3N=CN2N)CC1. The predicted molar refractivity (Wildman–Crippen MR) is 86.3 cm³/mol. The molecule has 2 aliphatic rings. The third kappa shape index (κ3) is 2.48. The lowest BCUT2D eigenvalue weighted by molar-refractivity contribution is 0.260. The van der Waals surface area contributed by atoms with Gasteiger partial charge in [0.15, 0.2) is 0 Å². The third-order valence-electron chi connectivity index (χ3n) is 4.95. The van der Waals surface area contributed by atoms with Crippen LogP contribution >= 0.6 is 0 Å². The van der Waals surface area contributed by atoms with Crippen molar-refractivity contribution in [2.45, 2.75) is 32.6 Å². The normalized spacial score (nSPS) is 28.0. The summed E-state index contributed by atoms with van der Waals surface area (Å²) in [6.07, 6.45) is 7.55. The molecule has 22 heavy (non-hydrogen) atoms. The van der Waals surface area contributed by atoms with E-state index in [0.717, 1.165) is 48.5 Å². The first kappa shape index (κ1) is 14.7. The average molecular weight is 298 g/mol. The van der Waals surface area contributed by atoms with Crippen LogP contribution in [0.5, 0.6) is 0 Å². The molecule has 0 amide bonds. The molecule has 0 spiro atoms. The van der Waals surface area contributed by atoms with Gasteiger partial charge in [-0.05, 0) is 44.6 Å². The summed E-state index contributed by atoms with van der Waals surface area (Å²) in [5.74, 6) is 7.78. The maximum atomic E-state index is 9.06. The Bertz CT molecular complexity index is 642. The molecule has 0 bridgehead atoms. The van der Waals surface area contributed by atoms with E-state index in [9.17, 15) is 0 Å².